The van der Waals surface area contributed by atoms with Crippen LogP contribution in [0, 0.1) is 0 Å². The number of anilines is 1. The van der Waals surface area contributed by atoms with Gasteiger partial charge in [-0.1, -0.05) is 23.7 Å². The second-order valence-electron chi connectivity index (χ2n) is 7.46. The van der Waals surface area contributed by atoms with Gasteiger partial charge in [0.1, 0.15) is 11.8 Å². The van der Waals surface area contributed by atoms with Crippen molar-refractivity contribution in [1.82, 2.24) is 5.32 Å². The molecule has 28 heavy (non-hydrogen) atoms. The summed E-state index contributed by atoms with van der Waals surface area (Å²) in [4.78, 5) is 16.4. The predicted molar refractivity (Wildman–Crippen MR) is 114 cm³/mol. The van der Waals surface area contributed by atoms with E-state index in [0.717, 1.165) is 13.1 Å². The number of carbonyl (C=O) groups excluding carboxylic acids is 1. The van der Waals surface area contributed by atoms with E-state index < -0.39 is 0 Å². The van der Waals surface area contributed by atoms with Crippen LogP contribution in [0.2, 0.25) is 5.02 Å². The number of benzene rings is 2. The number of amides is 1. The van der Waals surface area contributed by atoms with Crippen molar-refractivity contribution in [3.05, 3.63) is 58.6 Å². The van der Waals surface area contributed by atoms with E-state index >= 15 is 0 Å². The summed E-state index contributed by atoms with van der Waals surface area (Å²) < 4.78 is 5.32. The van der Waals surface area contributed by atoms with Gasteiger partial charge >= 0.3 is 0 Å². The lowest BCUT2D eigenvalue weighted by molar-refractivity contribution is -0.918. The van der Waals surface area contributed by atoms with Gasteiger partial charge in [0.05, 0.1) is 32.3 Å². The molecule has 1 aliphatic heterocycles. The average Bonchev–Trinajstić information content (AvgIpc) is 3.22. The molecule has 0 aliphatic carbocycles. The molecular weight excluding hydrogens is 374 g/mol. The van der Waals surface area contributed by atoms with Crippen molar-refractivity contribution in [2.75, 3.05) is 45.7 Å². The lowest BCUT2D eigenvalue weighted by atomic mass is 10.0. The Bertz CT molecular complexity index is 802. The second-order valence-corrected chi connectivity index (χ2v) is 7.89. The van der Waals surface area contributed by atoms with Crippen molar-refractivity contribution in [1.29, 1.82) is 0 Å². The fraction of sp³-hybridized carbons (Fsp3) is 0.409. The third-order valence-electron chi connectivity index (χ3n) is 5.42. The summed E-state index contributed by atoms with van der Waals surface area (Å²) >= 11 is 6.08. The maximum atomic E-state index is 12.8. The van der Waals surface area contributed by atoms with Crippen molar-refractivity contribution < 1.29 is 14.4 Å². The molecule has 6 heteroatoms. The van der Waals surface area contributed by atoms with E-state index in [4.69, 9.17) is 16.3 Å². The van der Waals surface area contributed by atoms with Gasteiger partial charge in [-0.3, -0.25) is 4.79 Å². The Kier molecular flexibility index (Phi) is 6.81. The maximum Gasteiger partial charge on any atom is 0.255 e. The van der Waals surface area contributed by atoms with Crippen molar-refractivity contribution in [3.8, 4) is 5.75 Å². The molecule has 1 atom stereocenters. The van der Waals surface area contributed by atoms with Crippen LogP contribution >= 0.6 is 11.6 Å². The summed E-state index contributed by atoms with van der Waals surface area (Å²) in [6.45, 7) is 2.85. The molecule has 1 heterocycles. The van der Waals surface area contributed by atoms with Gasteiger partial charge in [0, 0.05) is 43.2 Å². The van der Waals surface area contributed by atoms with Crippen LogP contribution in [0.4, 0.5) is 5.69 Å². The van der Waals surface area contributed by atoms with Crippen molar-refractivity contribution >= 4 is 23.2 Å². The Balaban J connectivity index is 1.77. The first-order chi connectivity index (χ1) is 13.5. The third-order valence-corrected chi connectivity index (χ3v) is 5.66. The first-order valence-electron chi connectivity index (χ1n) is 9.73. The molecule has 1 saturated heterocycles. The zero-order valence-electron chi connectivity index (χ0n) is 16.8. The van der Waals surface area contributed by atoms with Crippen molar-refractivity contribution in [2.45, 2.75) is 18.9 Å². The summed E-state index contributed by atoms with van der Waals surface area (Å²) in [6, 6.07) is 14.0. The molecular formula is C22H29ClN3O2+. The molecule has 0 bridgehead atoms. The maximum absolute atomic E-state index is 12.8. The minimum Gasteiger partial charge on any atom is -0.496 e. The number of carbonyl (C=O) groups is 1. The van der Waals surface area contributed by atoms with E-state index in [-0.39, 0.29) is 11.9 Å². The van der Waals surface area contributed by atoms with E-state index in [2.05, 4.69) is 34.5 Å². The average molecular weight is 403 g/mol. The number of ether oxygens (including phenoxy) is 1. The van der Waals surface area contributed by atoms with E-state index in [1.807, 2.05) is 14.1 Å². The van der Waals surface area contributed by atoms with Crippen LogP contribution < -0.4 is 19.9 Å². The van der Waals surface area contributed by atoms with Crippen molar-refractivity contribution in [3.63, 3.8) is 0 Å². The zero-order valence-corrected chi connectivity index (χ0v) is 17.6. The number of rotatable bonds is 7. The summed E-state index contributed by atoms with van der Waals surface area (Å²) in [5, 5.41) is 3.63. The Labute approximate surface area is 172 Å². The molecule has 0 aromatic heterocycles. The fourth-order valence-corrected chi connectivity index (χ4v) is 4.00. The highest BCUT2D eigenvalue weighted by Gasteiger charge is 2.28. The molecule has 3 rings (SSSR count). The lowest BCUT2D eigenvalue weighted by Gasteiger charge is -2.26. The standard InChI is InChI=1S/C22H28ClN3O2/c1-25(2)18-9-6-16(7-10-18)20(26-12-4-5-13-26)15-24-22(27)19-14-17(23)8-11-21(19)28-3/h6-11,14,20H,4-5,12-13,15H2,1-3H3,(H,24,27)/p+1/t20-/m0/s1. The highest BCUT2D eigenvalue weighted by Crippen LogP contribution is 2.23. The van der Waals surface area contributed by atoms with Crippen LogP contribution in [0.3, 0.4) is 0 Å². The molecule has 2 aromatic carbocycles. The minimum absolute atomic E-state index is 0.159. The zero-order chi connectivity index (χ0) is 20.1. The largest absolute Gasteiger partial charge is 0.496 e. The van der Waals surface area contributed by atoms with Gasteiger partial charge in [0.15, 0.2) is 0 Å². The Morgan fingerprint density at radius 3 is 2.46 bits per heavy atom. The second kappa shape index (κ2) is 9.30. The summed E-state index contributed by atoms with van der Waals surface area (Å²) in [5.74, 6) is 0.371. The lowest BCUT2D eigenvalue weighted by Crippen LogP contribution is -3.11. The Morgan fingerprint density at radius 1 is 1.18 bits per heavy atom. The van der Waals surface area contributed by atoms with Gasteiger partial charge in [0.2, 0.25) is 0 Å². The van der Waals surface area contributed by atoms with Crippen LogP contribution in [0.25, 0.3) is 0 Å². The number of quaternary nitrogens is 1. The molecule has 2 N–H and O–H groups in total. The molecule has 0 radical (unpaired) electrons. The molecule has 0 unspecified atom stereocenters. The monoisotopic (exact) mass is 402 g/mol. The smallest absolute Gasteiger partial charge is 0.255 e. The molecule has 1 aliphatic rings. The number of halogens is 1. The fourth-order valence-electron chi connectivity index (χ4n) is 3.83. The van der Waals surface area contributed by atoms with Gasteiger partial charge in [-0.15, -0.1) is 0 Å². The third kappa shape index (κ3) is 4.78. The van der Waals surface area contributed by atoms with Crippen LogP contribution in [0.15, 0.2) is 42.5 Å². The molecule has 0 saturated carbocycles. The number of likely N-dealkylation sites (tertiary alicyclic amines) is 1. The number of nitrogens with one attached hydrogen (secondary N) is 2. The van der Waals surface area contributed by atoms with Gasteiger partial charge in [-0.2, -0.15) is 0 Å². The van der Waals surface area contributed by atoms with Gasteiger partial charge in [0.25, 0.3) is 5.91 Å². The molecule has 1 amide bonds. The Morgan fingerprint density at radius 2 is 1.86 bits per heavy atom. The van der Waals surface area contributed by atoms with Crippen LogP contribution in [0.5, 0.6) is 5.75 Å². The summed E-state index contributed by atoms with van der Waals surface area (Å²) in [5.41, 5.74) is 2.89. The molecule has 1 fully saturated rings. The molecule has 0 spiro atoms. The van der Waals surface area contributed by atoms with Gasteiger partial charge < -0.3 is 19.9 Å². The van der Waals surface area contributed by atoms with E-state index in [1.54, 1.807) is 25.3 Å². The molecule has 5 nitrogen and oxygen atoms in total. The number of methoxy groups -OCH3 is 1. The van der Waals surface area contributed by atoms with Crippen LogP contribution in [0.1, 0.15) is 34.8 Å². The summed E-state index contributed by atoms with van der Waals surface area (Å²) in [7, 11) is 5.64. The minimum atomic E-state index is -0.159. The molecule has 2 aromatic rings. The number of nitrogens with zero attached hydrogens (tertiary/aromatic N) is 1. The van der Waals surface area contributed by atoms with Crippen LogP contribution in [-0.4, -0.2) is 46.7 Å². The highest BCUT2D eigenvalue weighted by molar-refractivity contribution is 6.31. The molecule has 150 valence electrons. The topological polar surface area (TPSA) is 46.0 Å². The van der Waals surface area contributed by atoms with Crippen LogP contribution in [-0.2, 0) is 0 Å². The SMILES string of the molecule is COc1ccc(Cl)cc1C(=O)NC[C@@H](c1ccc(N(C)C)cc1)[NH+]1CCCC1. The summed E-state index contributed by atoms with van der Waals surface area (Å²) in [6.07, 6.45) is 2.47. The number of hydrogen-bond donors (Lipinski definition) is 2. The first-order valence-corrected chi connectivity index (χ1v) is 10.1. The predicted octanol–water partition coefficient (Wildman–Crippen LogP) is 2.56. The van der Waals surface area contributed by atoms with E-state index in [0.29, 0.717) is 22.9 Å². The number of hydrogen-bond acceptors (Lipinski definition) is 3. The highest BCUT2D eigenvalue weighted by atomic mass is 35.5. The van der Waals surface area contributed by atoms with E-state index in [9.17, 15) is 4.79 Å². The van der Waals surface area contributed by atoms with Gasteiger partial charge in [-0.25, -0.2) is 0 Å². The van der Waals surface area contributed by atoms with E-state index in [1.165, 1.54) is 29.0 Å². The normalized spacial score (nSPS) is 15.3. The van der Waals surface area contributed by atoms with Crippen molar-refractivity contribution in [2.24, 2.45) is 0 Å². The quantitative estimate of drug-likeness (QED) is 0.748. The Hall–Kier alpha value is -2.24. The van der Waals surface area contributed by atoms with Gasteiger partial charge in [-0.05, 0) is 30.3 Å². The first kappa shape index (κ1) is 20.5.